The summed E-state index contributed by atoms with van der Waals surface area (Å²) in [6.07, 6.45) is 5.86. The Hall–Kier alpha value is -2.37. The van der Waals surface area contributed by atoms with Crippen LogP contribution in [-0.2, 0) is 4.79 Å². The lowest BCUT2D eigenvalue weighted by Gasteiger charge is -2.20. The van der Waals surface area contributed by atoms with E-state index < -0.39 is 0 Å². The fourth-order valence-electron chi connectivity index (χ4n) is 2.12. The monoisotopic (exact) mass is 244 g/mol. The van der Waals surface area contributed by atoms with E-state index in [4.69, 9.17) is 4.42 Å². The van der Waals surface area contributed by atoms with Crippen molar-refractivity contribution in [1.82, 2.24) is 15.2 Å². The van der Waals surface area contributed by atoms with E-state index in [0.717, 1.165) is 17.9 Å². The van der Waals surface area contributed by atoms with Gasteiger partial charge in [0.1, 0.15) is 12.1 Å². The summed E-state index contributed by atoms with van der Waals surface area (Å²) in [7, 11) is 0. The number of ketones is 1. The van der Waals surface area contributed by atoms with Gasteiger partial charge in [-0.15, -0.1) is 0 Å². The van der Waals surface area contributed by atoms with Gasteiger partial charge in [-0.25, -0.2) is 5.10 Å². The van der Waals surface area contributed by atoms with Crippen molar-refractivity contribution in [2.75, 3.05) is 5.32 Å². The number of furan rings is 1. The van der Waals surface area contributed by atoms with Crippen molar-refractivity contribution in [3.8, 4) is 0 Å². The standard InChI is InChI=1S/C12H12N4O2/c17-10-5-8(11-2-1-3-18-11)4-9(6-10)15-12-13-7-14-16-12/h1-3,6-8H,4-5H2,(H2,13,14,15,16)/t8-/m0/s1. The average Bonchev–Trinajstić information content (AvgIpc) is 3.00. The second-order valence-electron chi connectivity index (χ2n) is 4.22. The van der Waals surface area contributed by atoms with Crippen molar-refractivity contribution in [3.05, 3.63) is 42.3 Å². The van der Waals surface area contributed by atoms with Crippen LogP contribution in [0.4, 0.5) is 5.95 Å². The number of nitrogens with one attached hydrogen (secondary N) is 2. The molecule has 92 valence electrons. The Labute approximate surface area is 103 Å². The van der Waals surface area contributed by atoms with Crippen LogP contribution in [0, 0.1) is 0 Å². The van der Waals surface area contributed by atoms with Crippen LogP contribution in [0.3, 0.4) is 0 Å². The van der Waals surface area contributed by atoms with E-state index in [-0.39, 0.29) is 11.7 Å². The van der Waals surface area contributed by atoms with Gasteiger partial charge >= 0.3 is 0 Å². The van der Waals surface area contributed by atoms with Crippen LogP contribution < -0.4 is 5.32 Å². The molecular formula is C12H12N4O2. The van der Waals surface area contributed by atoms with E-state index in [0.29, 0.717) is 12.4 Å². The molecule has 0 saturated carbocycles. The predicted octanol–water partition coefficient (Wildman–Crippen LogP) is 1.84. The highest BCUT2D eigenvalue weighted by Crippen LogP contribution is 2.31. The van der Waals surface area contributed by atoms with Gasteiger partial charge in [-0.05, 0) is 18.6 Å². The molecule has 0 saturated heterocycles. The van der Waals surface area contributed by atoms with Crippen LogP contribution in [0.2, 0.25) is 0 Å². The molecule has 0 aliphatic heterocycles. The van der Waals surface area contributed by atoms with Gasteiger partial charge in [-0.2, -0.15) is 10.1 Å². The van der Waals surface area contributed by atoms with E-state index in [9.17, 15) is 4.79 Å². The Kier molecular flexibility index (Phi) is 2.68. The molecule has 1 atom stereocenters. The Morgan fingerprint density at radius 2 is 2.39 bits per heavy atom. The van der Waals surface area contributed by atoms with Crippen LogP contribution in [0.1, 0.15) is 24.5 Å². The number of hydrogen-bond donors (Lipinski definition) is 2. The molecule has 0 radical (unpaired) electrons. The van der Waals surface area contributed by atoms with Crippen LogP contribution >= 0.6 is 0 Å². The third kappa shape index (κ3) is 2.17. The third-order valence-electron chi connectivity index (χ3n) is 2.89. The highest BCUT2D eigenvalue weighted by molar-refractivity contribution is 5.92. The fraction of sp³-hybridized carbons (Fsp3) is 0.250. The molecule has 0 bridgehead atoms. The van der Waals surface area contributed by atoms with Gasteiger partial charge in [0.05, 0.1) is 6.26 Å². The molecule has 2 heterocycles. The molecule has 1 aliphatic rings. The first-order chi connectivity index (χ1) is 8.81. The van der Waals surface area contributed by atoms with Crippen molar-refractivity contribution in [1.29, 1.82) is 0 Å². The maximum absolute atomic E-state index is 11.7. The predicted molar refractivity (Wildman–Crippen MR) is 63.8 cm³/mol. The first-order valence-corrected chi connectivity index (χ1v) is 5.70. The van der Waals surface area contributed by atoms with Gasteiger partial charge < -0.3 is 9.73 Å². The maximum atomic E-state index is 11.7. The van der Waals surface area contributed by atoms with Gasteiger partial charge in [0.15, 0.2) is 5.78 Å². The van der Waals surface area contributed by atoms with Crippen molar-refractivity contribution < 1.29 is 9.21 Å². The Bertz CT molecular complexity index is 557. The first kappa shape index (κ1) is 10.8. The van der Waals surface area contributed by atoms with Crippen molar-refractivity contribution in [2.45, 2.75) is 18.8 Å². The van der Waals surface area contributed by atoms with E-state index in [1.54, 1.807) is 12.3 Å². The molecule has 2 aromatic heterocycles. The summed E-state index contributed by atoms with van der Waals surface area (Å²) in [4.78, 5) is 15.7. The van der Waals surface area contributed by atoms with Crippen LogP contribution in [0.25, 0.3) is 0 Å². The zero-order chi connectivity index (χ0) is 12.4. The van der Waals surface area contributed by atoms with Crippen molar-refractivity contribution in [2.24, 2.45) is 0 Å². The third-order valence-corrected chi connectivity index (χ3v) is 2.89. The molecule has 18 heavy (non-hydrogen) atoms. The molecular weight excluding hydrogens is 232 g/mol. The summed E-state index contributed by atoms with van der Waals surface area (Å²) in [6, 6.07) is 3.73. The van der Waals surface area contributed by atoms with Gasteiger partial charge in [0.2, 0.25) is 5.95 Å². The zero-order valence-electron chi connectivity index (χ0n) is 9.59. The summed E-state index contributed by atoms with van der Waals surface area (Å²) in [5, 5.41) is 9.50. The quantitative estimate of drug-likeness (QED) is 0.860. The van der Waals surface area contributed by atoms with Gasteiger partial charge in [-0.1, -0.05) is 0 Å². The smallest absolute Gasteiger partial charge is 0.222 e. The van der Waals surface area contributed by atoms with Crippen LogP contribution in [0.5, 0.6) is 0 Å². The second-order valence-corrected chi connectivity index (χ2v) is 4.22. The molecule has 0 fully saturated rings. The summed E-state index contributed by atoms with van der Waals surface area (Å²) >= 11 is 0. The number of carbonyl (C=O) groups is 1. The van der Waals surface area contributed by atoms with E-state index in [2.05, 4.69) is 20.5 Å². The highest BCUT2D eigenvalue weighted by Gasteiger charge is 2.24. The second kappa shape index (κ2) is 4.48. The molecule has 2 aromatic rings. The van der Waals surface area contributed by atoms with Crippen LogP contribution in [-0.4, -0.2) is 21.0 Å². The zero-order valence-corrected chi connectivity index (χ0v) is 9.59. The minimum atomic E-state index is 0.0860. The molecule has 0 spiro atoms. The summed E-state index contributed by atoms with van der Waals surface area (Å²) in [5.74, 6) is 1.55. The number of hydrogen-bond acceptors (Lipinski definition) is 5. The van der Waals surface area contributed by atoms with Gasteiger partial charge in [0.25, 0.3) is 0 Å². The molecule has 6 nitrogen and oxygen atoms in total. The topological polar surface area (TPSA) is 83.8 Å². The Morgan fingerprint density at radius 1 is 1.44 bits per heavy atom. The first-order valence-electron chi connectivity index (χ1n) is 5.70. The number of aromatic nitrogens is 3. The molecule has 3 rings (SSSR count). The van der Waals surface area contributed by atoms with E-state index in [1.807, 2.05) is 12.1 Å². The summed E-state index contributed by atoms with van der Waals surface area (Å²) < 4.78 is 5.36. The average molecular weight is 244 g/mol. The molecule has 0 unspecified atom stereocenters. The Morgan fingerprint density at radius 3 is 3.11 bits per heavy atom. The normalized spacial score (nSPS) is 19.7. The minimum absolute atomic E-state index is 0.0860. The van der Waals surface area contributed by atoms with Crippen molar-refractivity contribution in [3.63, 3.8) is 0 Å². The number of aromatic amines is 1. The lowest BCUT2D eigenvalue weighted by Crippen LogP contribution is -2.16. The molecule has 6 heteroatoms. The van der Waals surface area contributed by atoms with Crippen molar-refractivity contribution >= 4 is 11.7 Å². The van der Waals surface area contributed by atoms with E-state index in [1.165, 1.54) is 6.33 Å². The number of anilines is 1. The van der Waals surface area contributed by atoms with Crippen LogP contribution in [0.15, 0.2) is 40.9 Å². The van der Waals surface area contributed by atoms with Gasteiger partial charge in [-0.3, -0.25) is 4.79 Å². The van der Waals surface area contributed by atoms with Gasteiger partial charge in [0, 0.05) is 24.1 Å². The number of rotatable bonds is 3. The molecule has 0 aromatic carbocycles. The summed E-state index contributed by atoms with van der Waals surface area (Å²) in [6.45, 7) is 0. The number of nitrogens with zero attached hydrogens (tertiary/aromatic N) is 2. The minimum Gasteiger partial charge on any atom is -0.469 e. The lowest BCUT2D eigenvalue weighted by atomic mass is 9.89. The largest absolute Gasteiger partial charge is 0.469 e. The molecule has 1 aliphatic carbocycles. The number of H-pyrrole nitrogens is 1. The molecule has 0 amide bonds. The fourth-order valence-corrected chi connectivity index (χ4v) is 2.12. The lowest BCUT2D eigenvalue weighted by molar-refractivity contribution is -0.115. The number of allylic oxidation sites excluding steroid dienone is 2. The molecule has 2 N–H and O–H groups in total. The maximum Gasteiger partial charge on any atom is 0.222 e. The highest BCUT2D eigenvalue weighted by atomic mass is 16.3. The Balaban J connectivity index is 1.77. The SMILES string of the molecule is O=C1C=C(Nc2ncn[nH]2)C[C@H](c2ccco2)C1. The van der Waals surface area contributed by atoms with E-state index >= 15 is 0 Å². The summed E-state index contributed by atoms with van der Waals surface area (Å²) in [5.41, 5.74) is 0.824. The number of carbonyl (C=O) groups excluding carboxylic acids is 1.